The number of hydrogen-bond donors (Lipinski definition) is 0. The number of benzene rings is 1. The molecule has 0 heterocycles. The van der Waals surface area contributed by atoms with Crippen molar-refractivity contribution in [2.75, 3.05) is 0 Å². The molecule has 1 aromatic carbocycles. The molecule has 1 aliphatic carbocycles. The van der Waals surface area contributed by atoms with Crippen molar-refractivity contribution >= 4 is 12.2 Å². The van der Waals surface area contributed by atoms with Crippen molar-refractivity contribution in [3.63, 3.8) is 0 Å². The zero-order valence-corrected chi connectivity index (χ0v) is 9.30. The van der Waals surface area contributed by atoms with Gasteiger partial charge in [0.25, 0.3) is 0 Å². The summed E-state index contributed by atoms with van der Waals surface area (Å²) in [4.78, 5) is 0. The van der Waals surface area contributed by atoms with E-state index in [0.29, 0.717) is 0 Å². The van der Waals surface area contributed by atoms with Crippen LogP contribution in [0.1, 0.15) is 39.2 Å². The minimum atomic E-state index is 0.264. The summed E-state index contributed by atoms with van der Waals surface area (Å²) in [5, 5.41) is 2.83. The van der Waals surface area contributed by atoms with E-state index in [1.54, 1.807) is 0 Å². The Bertz CT molecular complexity index is 444. The molecule has 0 aliphatic heterocycles. The molecule has 0 N–H and O–H groups in total. The zero-order valence-electron chi connectivity index (χ0n) is 9.30. The van der Waals surface area contributed by atoms with Gasteiger partial charge in [0.15, 0.2) is 0 Å². The second-order valence-electron chi connectivity index (χ2n) is 5.08. The molecule has 14 heavy (non-hydrogen) atoms. The molecule has 0 spiro atoms. The van der Waals surface area contributed by atoms with Crippen molar-refractivity contribution < 1.29 is 0 Å². The fraction of sp³-hybridized carbons (Fsp3) is 0.429. The highest BCUT2D eigenvalue weighted by Gasteiger charge is 2.12. The Labute approximate surface area is 86.0 Å². The van der Waals surface area contributed by atoms with Gasteiger partial charge in [0.05, 0.1) is 0 Å². The van der Waals surface area contributed by atoms with Gasteiger partial charge in [-0.2, -0.15) is 0 Å². The van der Waals surface area contributed by atoms with Crippen LogP contribution in [0.15, 0.2) is 18.2 Å². The van der Waals surface area contributed by atoms with E-state index in [1.807, 2.05) is 0 Å². The highest BCUT2D eigenvalue weighted by molar-refractivity contribution is 5.40. The number of rotatable bonds is 0. The van der Waals surface area contributed by atoms with Crippen LogP contribution in [0.3, 0.4) is 0 Å². The fourth-order valence-electron chi connectivity index (χ4n) is 1.88. The lowest BCUT2D eigenvalue weighted by Gasteiger charge is -2.19. The summed E-state index contributed by atoms with van der Waals surface area (Å²) in [6.07, 6.45) is 7.08. The van der Waals surface area contributed by atoms with Gasteiger partial charge < -0.3 is 0 Å². The Balaban J connectivity index is 2.62. The van der Waals surface area contributed by atoms with Crippen molar-refractivity contribution in [1.29, 1.82) is 0 Å². The van der Waals surface area contributed by atoms with E-state index in [0.717, 1.165) is 0 Å². The summed E-state index contributed by atoms with van der Waals surface area (Å²) >= 11 is 0. The van der Waals surface area contributed by atoms with Crippen LogP contribution in [-0.2, 0) is 5.41 Å². The van der Waals surface area contributed by atoms with Gasteiger partial charge in [0.2, 0.25) is 0 Å². The van der Waals surface area contributed by atoms with E-state index in [9.17, 15) is 0 Å². The van der Waals surface area contributed by atoms with Crippen LogP contribution in [0, 0.1) is 0 Å². The van der Waals surface area contributed by atoms with E-state index in [2.05, 4.69) is 51.1 Å². The quantitative estimate of drug-likeness (QED) is 0.583. The van der Waals surface area contributed by atoms with Crippen LogP contribution in [-0.4, -0.2) is 0 Å². The van der Waals surface area contributed by atoms with Crippen LogP contribution in [0.4, 0.5) is 0 Å². The lowest BCUT2D eigenvalue weighted by atomic mass is 9.86. The molecule has 0 bridgehead atoms. The molecular formula is C14H18. The molecule has 1 aliphatic rings. The maximum absolute atomic E-state index is 2.35. The first kappa shape index (κ1) is 9.51. The highest BCUT2D eigenvalue weighted by Crippen LogP contribution is 2.19. The monoisotopic (exact) mass is 186 g/mol. The Hall–Kier alpha value is -1.04. The van der Waals surface area contributed by atoms with E-state index in [4.69, 9.17) is 0 Å². The lowest BCUT2D eigenvalue weighted by molar-refractivity contribution is 0.589. The SMILES string of the molecule is CC(C)(C)c1ccc2c(c1)=CCCC=2. The number of hydrogen-bond acceptors (Lipinski definition) is 0. The molecule has 0 atom stereocenters. The first-order valence-corrected chi connectivity index (χ1v) is 5.38. The second kappa shape index (κ2) is 3.27. The molecule has 0 heteroatoms. The topological polar surface area (TPSA) is 0 Å². The predicted octanol–water partition coefficient (Wildman–Crippen LogP) is 2.34. The number of fused-ring (bicyclic) bond motifs is 1. The smallest absolute Gasteiger partial charge is 0.0132 e. The van der Waals surface area contributed by atoms with Gasteiger partial charge in [-0.25, -0.2) is 0 Å². The third-order valence-corrected chi connectivity index (χ3v) is 2.85. The summed E-state index contributed by atoms with van der Waals surface area (Å²) in [6, 6.07) is 6.85. The second-order valence-corrected chi connectivity index (χ2v) is 5.08. The van der Waals surface area contributed by atoms with Crippen molar-refractivity contribution in [2.24, 2.45) is 0 Å². The molecular weight excluding hydrogens is 168 g/mol. The molecule has 0 aromatic heterocycles. The van der Waals surface area contributed by atoms with Gasteiger partial charge in [-0.15, -0.1) is 0 Å². The van der Waals surface area contributed by atoms with Crippen LogP contribution in [0.2, 0.25) is 0 Å². The third-order valence-electron chi connectivity index (χ3n) is 2.85. The largest absolute Gasteiger partial charge is 0.0764 e. The molecule has 0 amide bonds. The highest BCUT2D eigenvalue weighted by atomic mass is 14.2. The van der Waals surface area contributed by atoms with Crippen LogP contribution in [0.5, 0.6) is 0 Å². The molecule has 2 rings (SSSR count). The normalized spacial score (nSPS) is 15.4. The van der Waals surface area contributed by atoms with Crippen LogP contribution < -0.4 is 10.4 Å². The van der Waals surface area contributed by atoms with Gasteiger partial charge in [-0.05, 0) is 34.3 Å². The minimum Gasteiger partial charge on any atom is -0.0764 e. The zero-order chi connectivity index (χ0) is 10.2. The predicted molar refractivity (Wildman–Crippen MR) is 62.6 cm³/mol. The van der Waals surface area contributed by atoms with Crippen molar-refractivity contribution in [2.45, 2.75) is 39.0 Å². The van der Waals surface area contributed by atoms with E-state index < -0.39 is 0 Å². The first-order valence-electron chi connectivity index (χ1n) is 5.38. The average molecular weight is 186 g/mol. The van der Waals surface area contributed by atoms with Gasteiger partial charge in [-0.3, -0.25) is 0 Å². The Morgan fingerprint density at radius 1 is 0.929 bits per heavy atom. The molecule has 1 aromatic rings. The lowest BCUT2D eigenvalue weighted by Crippen LogP contribution is -2.28. The van der Waals surface area contributed by atoms with Gasteiger partial charge in [0.1, 0.15) is 0 Å². The van der Waals surface area contributed by atoms with Gasteiger partial charge in [0, 0.05) is 0 Å². The Morgan fingerprint density at radius 3 is 2.21 bits per heavy atom. The summed E-state index contributed by atoms with van der Waals surface area (Å²) in [5.41, 5.74) is 1.70. The summed E-state index contributed by atoms with van der Waals surface area (Å²) < 4.78 is 0. The van der Waals surface area contributed by atoms with E-state index >= 15 is 0 Å². The van der Waals surface area contributed by atoms with Crippen molar-refractivity contribution in [3.05, 3.63) is 34.2 Å². The Kier molecular flexibility index (Phi) is 2.22. The van der Waals surface area contributed by atoms with Crippen molar-refractivity contribution in [3.8, 4) is 0 Å². The summed E-state index contributed by atoms with van der Waals surface area (Å²) in [7, 11) is 0. The molecule has 74 valence electrons. The minimum absolute atomic E-state index is 0.264. The van der Waals surface area contributed by atoms with Gasteiger partial charge in [-0.1, -0.05) is 51.1 Å². The summed E-state index contributed by atoms with van der Waals surface area (Å²) in [5.74, 6) is 0. The maximum atomic E-state index is 2.35. The molecule has 0 unspecified atom stereocenters. The molecule has 0 fully saturated rings. The standard InChI is InChI=1S/C14H18/c1-14(2,3)13-9-8-11-6-4-5-7-12(11)10-13/h6-10H,4-5H2,1-3H3. The molecule has 0 saturated heterocycles. The van der Waals surface area contributed by atoms with Crippen molar-refractivity contribution in [1.82, 2.24) is 0 Å². The molecule has 0 nitrogen and oxygen atoms in total. The summed E-state index contributed by atoms with van der Waals surface area (Å²) in [6.45, 7) is 6.80. The van der Waals surface area contributed by atoms with Crippen LogP contribution in [0.25, 0.3) is 12.2 Å². The van der Waals surface area contributed by atoms with Gasteiger partial charge >= 0.3 is 0 Å². The molecule has 0 saturated carbocycles. The third kappa shape index (κ3) is 1.75. The average Bonchev–Trinajstić information content (AvgIpc) is 2.16. The van der Waals surface area contributed by atoms with E-state index in [-0.39, 0.29) is 5.41 Å². The fourth-order valence-corrected chi connectivity index (χ4v) is 1.88. The van der Waals surface area contributed by atoms with E-state index in [1.165, 1.54) is 28.8 Å². The van der Waals surface area contributed by atoms with Crippen LogP contribution >= 0.6 is 0 Å². The molecule has 0 radical (unpaired) electrons. The maximum Gasteiger partial charge on any atom is -0.0132 e. The Morgan fingerprint density at radius 2 is 1.57 bits per heavy atom. The first-order chi connectivity index (χ1) is 6.57.